The van der Waals surface area contributed by atoms with Crippen molar-refractivity contribution < 1.29 is 4.79 Å². The van der Waals surface area contributed by atoms with Gasteiger partial charge in [-0.1, -0.05) is 6.08 Å². The largest absolute Gasteiger partial charge is 0.347 e. The second-order valence-electron chi connectivity index (χ2n) is 5.95. The lowest BCUT2D eigenvalue weighted by molar-refractivity contribution is 0.0931. The first-order valence-corrected chi connectivity index (χ1v) is 8.27. The Hall–Kier alpha value is -3.55. The number of H-pyrrole nitrogens is 1. The normalized spacial score (nSPS) is 12.8. The average Bonchev–Trinajstić information content (AvgIpc) is 3.26. The third kappa shape index (κ3) is 3.16. The highest BCUT2D eigenvalue weighted by Gasteiger charge is 2.13. The van der Waals surface area contributed by atoms with Gasteiger partial charge in [-0.25, -0.2) is 19.5 Å². The SMILES string of the molecule is C[C@@H](C/C=C/c1cnc2cccnn12)NC(=O)c1nc2ncccc2[nH]1. The van der Waals surface area contributed by atoms with E-state index in [-0.39, 0.29) is 17.8 Å². The fourth-order valence-electron chi connectivity index (χ4n) is 2.66. The van der Waals surface area contributed by atoms with Crippen molar-refractivity contribution >= 4 is 28.8 Å². The molecule has 0 saturated carbocycles. The van der Waals surface area contributed by atoms with E-state index in [1.807, 2.05) is 37.3 Å². The van der Waals surface area contributed by atoms with E-state index in [9.17, 15) is 4.79 Å². The van der Waals surface area contributed by atoms with Crippen LogP contribution in [-0.4, -0.2) is 41.5 Å². The minimum Gasteiger partial charge on any atom is -0.347 e. The Balaban J connectivity index is 1.38. The number of carbonyl (C=O) groups is 1. The molecule has 1 atom stereocenters. The maximum absolute atomic E-state index is 12.3. The standard InChI is InChI=1S/C18H17N7O/c1-12(5-2-6-13-11-20-15-8-4-10-21-25(13)15)22-18(26)17-23-14-7-3-9-19-16(14)24-17/h2-4,6-12H,5H2,1H3,(H,22,26)(H,19,23,24)/b6-2+/t12-/m0/s1. The van der Waals surface area contributed by atoms with Crippen molar-refractivity contribution in [3.05, 3.63) is 60.5 Å². The molecule has 0 fully saturated rings. The molecule has 1 amide bonds. The molecule has 4 aromatic rings. The topological polar surface area (TPSA) is 101 Å². The number of aromatic nitrogens is 6. The van der Waals surface area contributed by atoms with Gasteiger partial charge in [-0.2, -0.15) is 5.10 Å². The summed E-state index contributed by atoms with van der Waals surface area (Å²) >= 11 is 0. The second-order valence-corrected chi connectivity index (χ2v) is 5.95. The Morgan fingerprint density at radius 2 is 2.19 bits per heavy atom. The summed E-state index contributed by atoms with van der Waals surface area (Å²) in [5.41, 5.74) is 2.96. The zero-order valence-corrected chi connectivity index (χ0v) is 14.1. The maximum atomic E-state index is 12.3. The first-order chi connectivity index (χ1) is 12.7. The van der Waals surface area contributed by atoms with Crippen molar-refractivity contribution in [3.63, 3.8) is 0 Å². The smallest absolute Gasteiger partial charge is 0.287 e. The van der Waals surface area contributed by atoms with Gasteiger partial charge >= 0.3 is 0 Å². The Bertz CT molecular complexity index is 1060. The summed E-state index contributed by atoms with van der Waals surface area (Å²) in [6, 6.07) is 7.33. The molecular weight excluding hydrogens is 330 g/mol. The summed E-state index contributed by atoms with van der Waals surface area (Å²) in [5.74, 6) is 0.0147. The number of imidazole rings is 2. The van der Waals surface area contributed by atoms with Gasteiger partial charge in [0.15, 0.2) is 17.1 Å². The third-order valence-electron chi connectivity index (χ3n) is 3.93. The molecule has 26 heavy (non-hydrogen) atoms. The molecule has 0 aliphatic rings. The van der Waals surface area contributed by atoms with Crippen LogP contribution in [0.1, 0.15) is 29.7 Å². The molecule has 8 nitrogen and oxygen atoms in total. The van der Waals surface area contributed by atoms with Gasteiger partial charge in [0, 0.05) is 18.4 Å². The molecule has 4 heterocycles. The van der Waals surface area contributed by atoms with Crippen LogP contribution in [-0.2, 0) is 0 Å². The number of fused-ring (bicyclic) bond motifs is 2. The van der Waals surface area contributed by atoms with Gasteiger partial charge in [0.05, 0.1) is 17.4 Å². The highest BCUT2D eigenvalue weighted by atomic mass is 16.2. The lowest BCUT2D eigenvalue weighted by Gasteiger charge is -2.10. The van der Waals surface area contributed by atoms with Gasteiger partial charge < -0.3 is 10.3 Å². The fraction of sp³-hybridized carbons (Fsp3) is 0.167. The highest BCUT2D eigenvalue weighted by molar-refractivity contribution is 5.93. The number of carbonyl (C=O) groups excluding carboxylic acids is 1. The van der Waals surface area contributed by atoms with Crippen LogP contribution >= 0.6 is 0 Å². The molecule has 0 aromatic carbocycles. The van der Waals surface area contributed by atoms with Crippen LogP contribution in [0, 0.1) is 0 Å². The van der Waals surface area contributed by atoms with Crippen molar-refractivity contribution in [1.29, 1.82) is 0 Å². The lowest BCUT2D eigenvalue weighted by Crippen LogP contribution is -2.32. The molecule has 0 saturated heterocycles. The molecule has 8 heteroatoms. The second kappa shape index (κ2) is 6.75. The molecule has 0 bridgehead atoms. The number of hydrogen-bond donors (Lipinski definition) is 2. The van der Waals surface area contributed by atoms with Crippen LogP contribution < -0.4 is 5.32 Å². The van der Waals surface area contributed by atoms with Gasteiger partial charge in [-0.3, -0.25) is 4.79 Å². The van der Waals surface area contributed by atoms with E-state index in [4.69, 9.17) is 0 Å². The minimum absolute atomic E-state index is 0.0490. The number of rotatable bonds is 5. The van der Waals surface area contributed by atoms with E-state index in [1.165, 1.54) is 0 Å². The summed E-state index contributed by atoms with van der Waals surface area (Å²) in [4.78, 5) is 27.9. The van der Waals surface area contributed by atoms with E-state index in [0.717, 1.165) is 16.9 Å². The number of aromatic amines is 1. The van der Waals surface area contributed by atoms with Gasteiger partial charge in [-0.05, 0) is 43.7 Å². The molecule has 0 unspecified atom stereocenters. The predicted molar refractivity (Wildman–Crippen MR) is 97.5 cm³/mol. The zero-order valence-electron chi connectivity index (χ0n) is 14.1. The van der Waals surface area contributed by atoms with Crippen molar-refractivity contribution in [3.8, 4) is 0 Å². The third-order valence-corrected chi connectivity index (χ3v) is 3.93. The summed E-state index contributed by atoms with van der Waals surface area (Å²) in [6.07, 6.45) is 9.74. The van der Waals surface area contributed by atoms with E-state index in [0.29, 0.717) is 12.1 Å². The van der Waals surface area contributed by atoms with Crippen LogP contribution in [0.3, 0.4) is 0 Å². The lowest BCUT2D eigenvalue weighted by atomic mass is 10.2. The molecular formula is C18H17N7O. The maximum Gasteiger partial charge on any atom is 0.287 e. The molecule has 0 radical (unpaired) electrons. The van der Waals surface area contributed by atoms with Crippen molar-refractivity contribution in [2.45, 2.75) is 19.4 Å². The van der Waals surface area contributed by atoms with Crippen LogP contribution in [0.25, 0.3) is 22.9 Å². The summed E-state index contributed by atoms with van der Waals surface area (Å²) in [7, 11) is 0. The molecule has 4 aromatic heterocycles. The first-order valence-electron chi connectivity index (χ1n) is 8.27. The Morgan fingerprint density at radius 3 is 3.08 bits per heavy atom. The van der Waals surface area contributed by atoms with Crippen LogP contribution in [0.15, 0.2) is 48.9 Å². The van der Waals surface area contributed by atoms with Crippen LogP contribution in [0.4, 0.5) is 0 Å². The van der Waals surface area contributed by atoms with Crippen LogP contribution in [0.2, 0.25) is 0 Å². The number of amides is 1. The van der Waals surface area contributed by atoms with Crippen LogP contribution in [0.5, 0.6) is 0 Å². The van der Waals surface area contributed by atoms with Gasteiger partial charge in [-0.15, -0.1) is 0 Å². The molecule has 0 aliphatic carbocycles. The Kier molecular flexibility index (Phi) is 4.14. The van der Waals surface area contributed by atoms with Crippen molar-refractivity contribution in [2.75, 3.05) is 0 Å². The van der Waals surface area contributed by atoms with E-state index >= 15 is 0 Å². The summed E-state index contributed by atoms with van der Waals surface area (Å²) in [6.45, 7) is 1.94. The number of hydrogen-bond acceptors (Lipinski definition) is 5. The minimum atomic E-state index is -0.250. The van der Waals surface area contributed by atoms with E-state index < -0.39 is 0 Å². The van der Waals surface area contributed by atoms with Crippen molar-refractivity contribution in [2.24, 2.45) is 0 Å². The molecule has 130 valence electrons. The van der Waals surface area contributed by atoms with Gasteiger partial charge in [0.1, 0.15) is 0 Å². The summed E-state index contributed by atoms with van der Waals surface area (Å²) < 4.78 is 1.77. The van der Waals surface area contributed by atoms with Crippen molar-refractivity contribution in [1.82, 2.24) is 34.9 Å². The molecule has 0 aliphatic heterocycles. The summed E-state index contributed by atoms with van der Waals surface area (Å²) in [5, 5.41) is 7.19. The Morgan fingerprint density at radius 1 is 1.31 bits per heavy atom. The number of nitrogens with one attached hydrogen (secondary N) is 2. The van der Waals surface area contributed by atoms with Gasteiger partial charge in [0.25, 0.3) is 5.91 Å². The quantitative estimate of drug-likeness (QED) is 0.576. The average molecular weight is 347 g/mol. The fourth-order valence-corrected chi connectivity index (χ4v) is 2.66. The van der Waals surface area contributed by atoms with Gasteiger partial charge in [0.2, 0.25) is 0 Å². The predicted octanol–water partition coefficient (Wildman–Crippen LogP) is 2.22. The number of pyridine rings is 1. The molecule has 4 rings (SSSR count). The first kappa shape index (κ1) is 15.9. The van der Waals surface area contributed by atoms with E-state index in [2.05, 4.69) is 30.4 Å². The Labute approximate surface area is 149 Å². The molecule has 2 N–H and O–H groups in total. The van der Waals surface area contributed by atoms with E-state index in [1.54, 1.807) is 29.2 Å². The number of nitrogens with zero attached hydrogens (tertiary/aromatic N) is 5. The zero-order chi connectivity index (χ0) is 17.9. The highest BCUT2D eigenvalue weighted by Crippen LogP contribution is 2.09. The monoisotopic (exact) mass is 347 g/mol. The molecule has 0 spiro atoms.